The molecule has 0 aliphatic carbocycles. The summed E-state index contributed by atoms with van der Waals surface area (Å²) in [6, 6.07) is 0. The SMILES string of the molecule is C/C(=C\CCOC[C@@H](O)[C@@H](O)[C@H](O)[C@H](O)CO)CCCC(C)CCCC(C)CCCC(C)C. The first-order valence-electron chi connectivity index (χ1n) is 13.1. The Bertz CT molecular complexity index is 481. The zero-order valence-electron chi connectivity index (χ0n) is 22.0. The van der Waals surface area contributed by atoms with Gasteiger partial charge in [0.05, 0.1) is 19.8 Å². The highest BCUT2D eigenvalue weighted by molar-refractivity contribution is 4.97. The van der Waals surface area contributed by atoms with Crippen LogP contribution in [0.15, 0.2) is 11.6 Å². The molecule has 0 saturated heterocycles. The average molecular weight is 475 g/mol. The first kappa shape index (κ1) is 32.5. The summed E-state index contributed by atoms with van der Waals surface area (Å²) in [5.74, 6) is 2.45. The first-order valence-corrected chi connectivity index (χ1v) is 13.1. The van der Waals surface area contributed by atoms with Crippen molar-refractivity contribution in [3.8, 4) is 0 Å². The molecule has 6 atom stereocenters. The molecule has 6 nitrogen and oxygen atoms in total. The Labute approximate surface area is 203 Å². The smallest absolute Gasteiger partial charge is 0.111 e. The third-order valence-electron chi connectivity index (χ3n) is 6.51. The second kappa shape index (κ2) is 19.8. The van der Waals surface area contributed by atoms with E-state index in [1.54, 1.807) is 0 Å². The van der Waals surface area contributed by atoms with E-state index in [1.165, 1.54) is 56.9 Å². The maximum atomic E-state index is 9.82. The number of aliphatic hydroxyl groups excluding tert-OH is 5. The van der Waals surface area contributed by atoms with Gasteiger partial charge in [0.2, 0.25) is 0 Å². The minimum atomic E-state index is -1.61. The molecule has 0 spiro atoms. The average Bonchev–Trinajstić information content (AvgIpc) is 2.76. The van der Waals surface area contributed by atoms with Crippen LogP contribution in [0.1, 0.15) is 98.8 Å². The molecule has 0 aromatic rings. The van der Waals surface area contributed by atoms with Gasteiger partial charge in [0.15, 0.2) is 0 Å². The van der Waals surface area contributed by atoms with E-state index < -0.39 is 31.0 Å². The summed E-state index contributed by atoms with van der Waals surface area (Å²) in [7, 11) is 0. The third-order valence-corrected chi connectivity index (χ3v) is 6.51. The summed E-state index contributed by atoms with van der Waals surface area (Å²) in [6.07, 6.45) is 8.52. The van der Waals surface area contributed by atoms with Gasteiger partial charge in [0, 0.05) is 0 Å². The van der Waals surface area contributed by atoms with Crippen LogP contribution < -0.4 is 0 Å². The molecule has 0 aromatic carbocycles. The van der Waals surface area contributed by atoms with Gasteiger partial charge in [-0.1, -0.05) is 84.3 Å². The first-order chi connectivity index (χ1) is 15.6. The van der Waals surface area contributed by atoms with Gasteiger partial charge in [-0.05, 0) is 43.9 Å². The minimum absolute atomic E-state index is 0.142. The van der Waals surface area contributed by atoms with Crippen molar-refractivity contribution in [1.82, 2.24) is 0 Å². The number of hydrogen-bond acceptors (Lipinski definition) is 6. The molecule has 0 radical (unpaired) electrons. The number of allylic oxidation sites excluding steroid dienone is 1. The quantitative estimate of drug-likeness (QED) is 0.126. The molecule has 0 heterocycles. The van der Waals surface area contributed by atoms with E-state index in [-0.39, 0.29) is 6.61 Å². The highest BCUT2D eigenvalue weighted by atomic mass is 16.5. The van der Waals surface area contributed by atoms with Gasteiger partial charge in [0.25, 0.3) is 0 Å². The Balaban J connectivity index is 3.82. The van der Waals surface area contributed by atoms with Crippen LogP contribution in [0.25, 0.3) is 0 Å². The number of aliphatic hydroxyl groups is 5. The number of rotatable bonds is 21. The van der Waals surface area contributed by atoms with Crippen molar-refractivity contribution in [2.75, 3.05) is 19.8 Å². The molecule has 33 heavy (non-hydrogen) atoms. The zero-order valence-corrected chi connectivity index (χ0v) is 22.0. The summed E-state index contributed by atoms with van der Waals surface area (Å²) in [5.41, 5.74) is 1.34. The van der Waals surface area contributed by atoms with Gasteiger partial charge in [-0.15, -0.1) is 0 Å². The highest BCUT2D eigenvalue weighted by Gasteiger charge is 2.29. The largest absolute Gasteiger partial charge is 0.394 e. The summed E-state index contributed by atoms with van der Waals surface area (Å²) >= 11 is 0. The lowest BCUT2D eigenvalue weighted by atomic mass is 9.91. The van der Waals surface area contributed by atoms with E-state index in [4.69, 9.17) is 9.84 Å². The Morgan fingerprint density at radius 3 is 1.82 bits per heavy atom. The molecule has 0 rings (SSSR count). The van der Waals surface area contributed by atoms with Crippen LogP contribution in [-0.4, -0.2) is 69.8 Å². The normalized spacial score (nSPS) is 18.2. The monoisotopic (exact) mass is 474 g/mol. The van der Waals surface area contributed by atoms with Gasteiger partial charge in [0.1, 0.15) is 24.4 Å². The molecule has 2 unspecified atom stereocenters. The Morgan fingerprint density at radius 2 is 1.27 bits per heavy atom. The minimum Gasteiger partial charge on any atom is -0.394 e. The van der Waals surface area contributed by atoms with Crippen LogP contribution in [0.5, 0.6) is 0 Å². The van der Waals surface area contributed by atoms with E-state index >= 15 is 0 Å². The highest BCUT2D eigenvalue weighted by Crippen LogP contribution is 2.22. The summed E-state index contributed by atoms with van der Waals surface area (Å²) in [5, 5.41) is 47.2. The van der Waals surface area contributed by atoms with Gasteiger partial charge < -0.3 is 30.3 Å². The van der Waals surface area contributed by atoms with E-state index in [2.05, 4.69) is 40.7 Å². The van der Waals surface area contributed by atoms with Gasteiger partial charge >= 0.3 is 0 Å². The Kier molecular flexibility index (Phi) is 19.5. The van der Waals surface area contributed by atoms with Crippen molar-refractivity contribution < 1.29 is 30.3 Å². The van der Waals surface area contributed by atoms with Gasteiger partial charge in [-0.2, -0.15) is 0 Å². The van der Waals surface area contributed by atoms with E-state index in [1.807, 2.05) is 0 Å². The molecular formula is C27H54O6. The van der Waals surface area contributed by atoms with Crippen LogP contribution in [0.4, 0.5) is 0 Å². The van der Waals surface area contributed by atoms with Crippen molar-refractivity contribution >= 4 is 0 Å². The van der Waals surface area contributed by atoms with Crippen LogP contribution in [0.2, 0.25) is 0 Å². The zero-order chi connectivity index (χ0) is 25.2. The predicted octanol–water partition coefficient (Wildman–Crippen LogP) is 4.21. The Hall–Kier alpha value is -0.500. The molecule has 0 fully saturated rings. The Morgan fingerprint density at radius 1 is 0.758 bits per heavy atom. The topological polar surface area (TPSA) is 110 Å². The van der Waals surface area contributed by atoms with Crippen LogP contribution in [0, 0.1) is 17.8 Å². The lowest BCUT2D eigenvalue weighted by Gasteiger charge is -2.25. The second-order valence-corrected chi connectivity index (χ2v) is 10.6. The van der Waals surface area contributed by atoms with Gasteiger partial charge in [-0.25, -0.2) is 0 Å². The molecule has 0 bridgehead atoms. The number of ether oxygens (including phenoxy) is 1. The van der Waals surface area contributed by atoms with Crippen molar-refractivity contribution in [2.45, 2.75) is 123 Å². The van der Waals surface area contributed by atoms with Crippen molar-refractivity contribution in [3.05, 3.63) is 11.6 Å². The van der Waals surface area contributed by atoms with Crippen molar-refractivity contribution in [3.63, 3.8) is 0 Å². The summed E-state index contributed by atoms with van der Waals surface area (Å²) in [4.78, 5) is 0. The van der Waals surface area contributed by atoms with Crippen LogP contribution in [-0.2, 0) is 4.74 Å². The number of hydrogen-bond donors (Lipinski definition) is 5. The van der Waals surface area contributed by atoms with E-state index in [0.717, 1.165) is 30.6 Å². The molecule has 0 saturated carbocycles. The summed E-state index contributed by atoms with van der Waals surface area (Å²) in [6.45, 7) is 11.1. The lowest BCUT2D eigenvalue weighted by molar-refractivity contribution is -0.128. The standard InChI is InChI=1S/C27H54O6/c1-20(2)10-6-11-21(3)12-7-13-22(4)14-8-15-23(5)16-9-17-33-19-25(30)27(32)26(31)24(29)18-28/h16,20-22,24-32H,6-15,17-19H2,1-5H3/b23-16+/t21?,22?,24-,25-,26-,27-/m1/s1. The summed E-state index contributed by atoms with van der Waals surface area (Å²) < 4.78 is 5.36. The second-order valence-electron chi connectivity index (χ2n) is 10.6. The van der Waals surface area contributed by atoms with Gasteiger partial charge in [-0.3, -0.25) is 0 Å². The fourth-order valence-electron chi connectivity index (χ4n) is 4.06. The molecule has 198 valence electrons. The van der Waals surface area contributed by atoms with Crippen LogP contribution >= 0.6 is 0 Å². The fraction of sp³-hybridized carbons (Fsp3) is 0.926. The fourth-order valence-corrected chi connectivity index (χ4v) is 4.06. The molecule has 0 aliphatic rings. The molecule has 0 amide bonds. The van der Waals surface area contributed by atoms with Crippen molar-refractivity contribution in [2.24, 2.45) is 17.8 Å². The van der Waals surface area contributed by atoms with Crippen LogP contribution in [0.3, 0.4) is 0 Å². The molecule has 6 heteroatoms. The lowest BCUT2D eigenvalue weighted by Crippen LogP contribution is -2.47. The predicted molar refractivity (Wildman–Crippen MR) is 135 cm³/mol. The maximum Gasteiger partial charge on any atom is 0.111 e. The maximum absolute atomic E-state index is 9.82. The van der Waals surface area contributed by atoms with Crippen molar-refractivity contribution in [1.29, 1.82) is 0 Å². The molecule has 0 aliphatic heterocycles. The third kappa shape index (κ3) is 17.6. The molecular weight excluding hydrogens is 420 g/mol. The molecule has 0 aromatic heterocycles. The van der Waals surface area contributed by atoms with E-state index in [0.29, 0.717) is 6.61 Å². The molecule has 5 N–H and O–H groups in total. The van der Waals surface area contributed by atoms with E-state index in [9.17, 15) is 20.4 Å².